The number of nitrogens with one attached hydrogen (secondary N) is 1. The van der Waals surface area contributed by atoms with Crippen LogP contribution in [0.3, 0.4) is 0 Å². The molecule has 6 nitrogen and oxygen atoms in total. The first-order valence-corrected chi connectivity index (χ1v) is 5.67. The van der Waals surface area contributed by atoms with Gasteiger partial charge in [0.05, 0.1) is 5.02 Å². The molecule has 1 aromatic carbocycles. The summed E-state index contributed by atoms with van der Waals surface area (Å²) >= 11 is 5.66. The number of aromatic nitrogens is 2. The Morgan fingerprint density at radius 3 is 2.79 bits per heavy atom. The molecule has 0 aliphatic rings. The number of hydrogen-bond donors (Lipinski definition) is 1. The minimum absolute atomic E-state index is 0.0634. The number of imidazole rings is 1. The van der Waals surface area contributed by atoms with Crippen LogP contribution in [-0.4, -0.2) is 14.5 Å². The summed E-state index contributed by atoms with van der Waals surface area (Å²) in [7, 11) is 1.64. The lowest BCUT2D eigenvalue weighted by Crippen LogP contribution is -2.01. The molecule has 2 aromatic rings. The highest BCUT2D eigenvalue weighted by Crippen LogP contribution is 2.29. The van der Waals surface area contributed by atoms with Gasteiger partial charge in [-0.1, -0.05) is 11.6 Å². The molecule has 100 valence electrons. The molecule has 0 fully saturated rings. The molecule has 0 bridgehead atoms. The first-order valence-electron chi connectivity index (χ1n) is 5.30. The van der Waals surface area contributed by atoms with Gasteiger partial charge in [-0.15, -0.1) is 0 Å². The maximum absolute atomic E-state index is 13.0. The number of nitro groups is 1. The van der Waals surface area contributed by atoms with Gasteiger partial charge < -0.3 is 15.4 Å². The summed E-state index contributed by atoms with van der Waals surface area (Å²) in [6.45, 7) is 1.65. The fourth-order valence-corrected chi connectivity index (χ4v) is 1.75. The van der Waals surface area contributed by atoms with Crippen molar-refractivity contribution in [3.63, 3.8) is 0 Å². The normalized spacial score (nSPS) is 10.5. The molecule has 8 heteroatoms. The van der Waals surface area contributed by atoms with Gasteiger partial charge in [0.1, 0.15) is 5.82 Å². The molecule has 19 heavy (non-hydrogen) atoms. The van der Waals surface area contributed by atoms with Crippen molar-refractivity contribution in [1.82, 2.24) is 9.55 Å². The first-order chi connectivity index (χ1) is 8.90. The van der Waals surface area contributed by atoms with Gasteiger partial charge in [0.25, 0.3) is 0 Å². The van der Waals surface area contributed by atoms with Gasteiger partial charge in [-0.2, -0.15) is 0 Å². The Hall–Kier alpha value is -2.15. The summed E-state index contributed by atoms with van der Waals surface area (Å²) in [6.07, 6.45) is 0. The van der Waals surface area contributed by atoms with E-state index in [0.29, 0.717) is 11.5 Å². The highest BCUT2D eigenvalue weighted by Gasteiger charge is 2.23. The zero-order chi connectivity index (χ0) is 14.2. The molecular formula is C11H10ClFN4O2. The van der Waals surface area contributed by atoms with Crippen LogP contribution in [0.1, 0.15) is 5.82 Å². The Bertz CT molecular complexity index is 656. The number of benzene rings is 1. The van der Waals surface area contributed by atoms with Crippen molar-refractivity contribution in [2.75, 3.05) is 5.32 Å². The van der Waals surface area contributed by atoms with Gasteiger partial charge in [-0.25, -0.2) is 4.39 Å². The topological polar surface area (TPSA) is 73.0 Å². The number of aryl methyl sites for hydroxylation is 1. The van der Waals surface area contributed by atoms with Gasteiger partial charge >= 0.3 is 5.82 Å². The van der Waals surface area contributed by atoms with Crippen molar-refractivity contribution >= 4 is 28.9 Å². The Labute approximate surface area is 113 Å². The first kappa shape index (κ1) is 13.3. The summed E-state index contributed by atoms with van der Waals surface area (Å²) in [5.41, 5.74) is 0.442. The summed E-state index contributed by atoms with van der Waals surface area (Å²) in [5, 5.41) is 13.7. The summed E-state index contributed by atoms with van der Waals surface area (Å²) in [5.74, 6) is -0.143. The van der Waals surface area contributed by atoms with Crippen molar-refractivity contribution < 1.29 is 9.31 Å². The van der Waals surface area contributed by atoms with E-state index in [1.807, 2.05) is 0 Å². The van der Waals surface area contributed by atoms with Crippen molar-refractivity contribution in [3.8, 4) is 0 Å². The minimum atomic E-state index is -0.583. The number of halogens is 2. The van der Waals surface area contributed by atoms with Crippen LogP contribution in [-0.2, 0) is 7.05 Å². The third kappa shape index (κ3) is 2.50. The average Bonchev–Trinajstić information content (AvgIpc) is 2.62. The molecule has 0 saturated carbocycles. The van der Waals surface area contributed by atoms with Crippen molar-refractivity contribution in [2.45, 2.75) is 6.92 Å². The molecule has 0 aliphatic heterocycles. The lowest BCUT2D eigenvalue weighted by Gasteiger charge is -2.07. The molecule has 0 unspecified atom stereocenters. The Morgan fingerprint density at radius 1 is 1.53 bits per heavy atom. The van der Waals surface area contributed by atoms with E-state index in [1.165, 1.54) is 22.8 Å². The van der Waals surface area contributed by atoms with E-state index in [0.717, 1.165) is 0 Å². The summed E-state index contributed by atoms with van der Waals surface area (Å²) in [6, 6.07) is 3.97. The Kier molecular flexibility index (Phi) is 3.39. The van der Waals surface area contributed by atoms with Gasteiger partial charge in [0.2, 0.25) is 11.6 Å². The lowest BCUT2D eigenvalue weighted by molar-refractivity contribution is -0.388. The molecular weight excluding hydrogens is 275 g/mol. The number of hydrogen-bond acceptors (Lipinski definition) is 4. The van der Waals surface area contributed by atoms with E-state index in [4.69, 9.17) is 11.6 Å². The van der Waals surface area contributed by atoms with Crippen molar-refractivity contribution in [1.29, 1.82) is 0 Å². The Morgan fingerprint density at radius 2 is 2.21 bits per heavy atom. The highest BCUT2D eigenvalue weighted by molar-refractivity contribution is 6.31. The second-order valence-electron chi connectivity index (χ2n) is 3.90. The molecule has 0 radical (unpaired) electrons. The van der Waals surface area contributed by atoms with Crippen molar-refractivity contribution in [3.05, 3.63) is 45.0 Å². The maximum Gasteiger partial charge on any atom is 0.407 e. The van der Waals surface area contributed by atoms with E-state index in [1.54, 1.807) is 14.0 Å². The van der Waals surface area contributed by atoms with Gasteiger partial charge in [-0.05, 0) is 28.1 Å². The number of rotatable bonds is 3. The molecule has 0 saturated heterocycles. The average molecular weight is 285 g/mol. The lowest BCUT2D eigenvalue weighted by atomic mass is 10.3. The predicted octanol–water partition coefficient (Wildman–Crippen LogP) is 3.17. The third-order valence-electron chi connectivity index (χ3n) is 2.66. The monoisotopic (exact) mass is 284 g/mol. The standard InChI is InChI=1S/C11H10ClFN4O2/c1-6-14-11(17(18)19)10(16(6)2)15-7-3-4-9(13)8(12)5-7/h3-5,15H,1-2H3. The van der Waals surface area contributed by atoms with E-state index < -0.39 is 10.7 Å². The zero-order valence-electron chi connectivity index (χ0n) is 10.1. The van der Waals surface area contributed by atoms with Crippen LogP contribution in [0.15, 0.2) is 18.2 Å². The molecule has 0 amide bonds. The van der Waals surface area contributed by atoms with Crippen LogP contribution < -0.4 is 5.32 Å². The van der Waals surface area contributed by atoms with Gasteiger partial charge in [0.15, 0.2) is 0 Å². The molecule has 1 heterocycles. The molecule has 1 N–H and O–H groups in total. The molecule has 0 aliphatic carbocycles. The van der Waals surface area contributed by atoms with E-state index in [2.05, 4.69) is 10.3 Å². The molecule has 0 spiro atoms. The molecule has 1 aromatic heterocycles. The van der Waals surface area contributed by atoms with E-state index >= 15 is 0 Å². The van der Waals surface area contributed by atoms with Gasteiger partial charge in [-0.3, -0.25) is 4.57 Å². The van der Waals surface area contributed by atoms with Crippen molar-refractivity contribution in [2.24, 2.45) is 7.05 Å². The Balaban J connectivity index is 2.42. The van der Waals surface area contributed by atoms with Crippen LogP contribution in [0.25, 0.3) is 0 Å². The summed E-state index contributed by atoms with van der Waals surface area (Å²) in [4.78, 5) is 14.2. The highest BCUT2D eigenvalue weighted by atomic mass is 35.5. The third-order valence-corrected chi connectivity index (χ3v) is 2.95. The smallest absolute Gasteiger partial charge is 0.358 e. The quantitative estimate of drug-likeness (QED) is 0.694. The molecule has 2 rings (SSSR count). The van der Waals surface area contributed by atoms with Crippen LogP contribution in [0.4, 0.5) is 21.7 Å². The van der Waals surface area contributed by atoms with Gasteiger partial charge in [0, 0.05) is 19.7 Å². The van der Waals surface area contributed by atoms with Crippen LogP contribution in [0.5, 0.6) is 0 Å². The van der Waals surface area contributed by atoms with E-state index in [9.17, 15) is 14.5 Å². The predicted molar refractivity (Wildman–Crippen MR) is 69.3 cm³/mol. The fraction of sp³-hybridized carbons (Fsp3) is 0.182. The minimum Gasteiger partial charge on any atom is -0.358 e. The molecule has 0 atom stereocenters. The summed E-state index contributed by atoms with van der Waals surface area (Å²) < 4.78 is 14.6. The largest absolute Gasteiger partial charge is 0.407 e. The zero-order valence-corrected chi connectivity index (χ0v) is 10.9. The van der Waals surface area contributed by atoms with E-state index in [-0.39, 0.29) is 16.7 Å². The second kappa shape index (κ2) is 4.85. The number of nitrogens with zero attached hydrogens (tertiary/aromatic N) is 3. The SMILES string of the molecule is Cc1nc([N+](=O)[O-])c(Nc2ccc(F)c(Cl)c2)n1C. The van der Waals surface area contributed by atoms with Crippen LogP contribution in [0.2, 0.25) is 5.02 Å². The fourth-order valence-electron chi connectivity index (χ4n) is 1.57. The van der Waals surface area contributed by atoms with Crippen LogP contribution >= 0.6 is 11.6 Å². The number of anilines is 2. The van der Waals surface area contributed by atoms with Crippen LogP contribution in [0, 0.1) is 22.9 Å². The second-order valence-corrected chi connectivity index (χ2v) is 4.31. The maximum atomic E-state index is 13.0.